The number of nitrogens with two attached hydrogens (primary N) is 1. The third-order valence-corrected chi connectivity index (χ3v) is 4.43. The Bertz CT molecular complexity index is 495. The van der Waals surface area contributed by atoms with Gasteiger partial charge in [0.25, 0.3) is 0 Å². The van der Waals surface area contributed by atoms with E-state index in [1.165, 1.54) is 0 Å². The zero-order valence-electron chi connectivity index (χ0n) is 10.8. The molecule has 1 aromatic rings. The van der Waals surface area contributed by atoms with Crippen molar-refractivity contribution in [3.63, 3.8) is 0 Å². The molecule has 2 rings (SSSR count). The van der Waals surface area contributed by atoms with Crippen molar-refractivity contribution in [2.75, 3.05) is 24.1 Å². The minimum absolute atomic E-state index is 0.145. The average molecular weight is 301 g/mol. The van der Waals surface area contributed by atoms with E-state index in [1.54, 1.807) is 18.0 Å². The van der Waals surface area contributed by atoms with Gasteiger partial charge in [-0.05, 0) is 6.92 Å². The first kappa shape index (κ1) is 14.4. The molecular weight excluding hydrogens is 284 g/mol. The van der Waals surface area contributed by atoms with Crippen LogP contribution in [0.1, 0.15) is 17.8 Å². The molecule has 3 N–H and O–H groups in total. The van der Waals surface area contributed by atoms with Gasteiger partial charge in [0.15, 0.2) is 0 Å². The van der Waals surface area contributed by atoms with Crippen LogP contribution in [0.3, 0.4) is 0 Å². The summed E-state index contributed by atoms with van der Waals surface area (Å²) in [4.78, 5) is 11.7. The number of aryl methyl sites for hydroxylation is 1. The van der Waals surface area contributed by atoms with Gasteiger partial charge in [0.05, 0.1) is 11.8 Å². The second-order valence-electron chi connectivity index (χ2n) is 4.28. The van der Waals surface area contributed by atoms with Gasteiger partial charge in [0.1, 0.15) is 11.6 Å². The second-order valence-corrected chi connectivity index (χ2v) is 5.58. The van der Waals surface area contributed by atoms with Crippen LogP contribution in [0.5, 0.6) is 0 Å². The molecule has 2 heterocycles. The van der Waals surface area contributed by atoms with Crippen LogP contribution in [-0.4, -0.2) is 38.3 Å². The van der Waals surface area contributed by atoms with Crippen LogP contribution in [0.25, 0.3) is 0 Å². The van der Waals surface area contributed by atoms with Crippen molar-refractivity contribution in [3.8, 4) is 0 Å². The molecule has 1 aromatic heterocycles. The molecule has 0 amide bonds. The highest BCUT2D eigenvalue weighted by Gasteiger charge is 2.22. The fourth-order valence-corrected chi connectivity index (χ4v) is 3.52. The standard InChI is InChI=1S/C12H17ClN4OS/c1-8-15-5-9(12(14)16-8)6-17-7-19-11(2-3-18)10(17)4-13/h5,18H,2-4,6-7H2,1H3,(H2,14,15,16). The lowest BCUT2D eigenvalue weighted by Gasteiger charge is -2.21. The molecule has 1 aliphatic rings. The number of rotatable bonds is 5. The molecule has 0 aromatic carbocycles. The highest BCUT2D eigenvalue weighted by molar-refractivity contribution is 8.03. The predicted molar refractivity (Wildman–Crippen MR) is 78.6 cm³/mol. The molecule has 0 bridgehead atoms. The first-order valence-corrected chi connectivity index (χ1v) is 7.52. The molecule has 0 atom stereocenters. The number of nitrogen functional groups attached to an aromatic ring is 1. The Balaban J connectivity index is 2.15. The SMILES string of the molecule is Cc1ncc(CN2CSC(CCO)=C2CCl)c(N)n1. The van der Waals surface area contributed by atoms with Crippen LogP contribution in [0.15, 0.2) is 16.8 Å². The number of anilines is 1. The van der Waals surface area contributed by atoms with Crippen molar-refractivity contribution in [3.05, 3.63) is 28.2 Å². The lowest BCUT2D eigenvalue weighted by atomic mass is 10.2. The van der Waals surface area contributed by atoms with Crippen molar-refractivity contribution >= 4 is 29.2 Å². The van der Waals surface area contributed by atoms with Crippen molar-refractivity contribution in [1.82, 2.24) is 14.9 Å². The molecule has 0 radical (unpaired) electrons. The monoisotopic (exact) mass is 300 g/mol. The van der Waals surface area contributed by atoms with Gasteiger partial charge in [-0.2, -0.15) is 0 Å². The summed E-state index contributed by atoms with van der Waals surface area (Å²) in [5, 5.41) is 9.04. The van der Waals surface area contributed by atoms with Crippen molar-refractivity contribution in [2.45, 2.75) is 19.9 Å². The van der Waals surface area contributed by atoms with Gasteiger partial charge in [-0.15, -0.1) is 23.4 Å². The molecule has 19 heavy (non-hydrogen) atoms. The largest absolute Gasteiger partial charge is 0.396 e. The van der Waals surface area contributed by atoms with Gasteiger partial charge < -0.3 is 15.7 Å². The third kappa shape index (κ3) is 3.32. The van der Waals surface area contributed by atoms with Gasteiger partial charge >= 0.3 is 0 Å². The van der Waals surface area contributed by atoms with Crippen LogP contribution in [0.2, 0.25) is 0 Å². The predicted octanol–water partition coefficient (Wildman–Crippen LogP) is 1.71. The molecule has 0 saturated heterocycles. The first-order valence-electron chi connectivity index (χ1n) is 6.00. The fraction of sp³-hybridized carbons (Fsp3) is 0.500. The molecule has 0 fully saturated rings. The lowest BCUT2D eigenvalue weighted by Crippen LogP contribution is -2.21. The minimum atomic E-state index is 0.145. The molecule has 0 saturated carbocycles. The van der Waals surface area contributed by atoms with Gasteiger partial charge in [0, 0.05) is 41.9 Å². The summed E-state index contributed by atoms with van der Waals surface area (Å²) < 4.78 is 0. The molecule has 104 valence electrons. The molecule has 1 aliphatic heterocycles. The number of hydrogen-bond acceptors (Lipinski definition) is 6. The number of thioether (sulfide) groups is 1. The summed E-state index contributed by atoms with van der Waals surface area (Å²) in [5.41, 5.74) is 7.88. The van der Waals surface area contributed by atoms with Crippen molar-refractivity contribution in [1.29, 1.82) is 0 Å². The maximum atomic E-state index is 9.04. The van der Waals surface area contributed by atoms with E-state index >= 15 is 0 Å². The normalized spacial score (nSPS) is 15.4. The molecule has 0 spiro atoms. The Labute approximate surface area is 121 Å². The van der Waals surface area contributed by atoms with Gasteiger partial charge in [-0.25, -0.2) is 9.97 Å². The number of nitrogens with zero attached hydrogens (tertiary/aromatic N) is 3. The van der Waals surface area contributed by atoms with E-state index in [0.29, 0.717) is 30.5 Å². The van der Waals surface area contributed by atoms with E-state index in [1.807, 2.05) is 6.92 Å². The van der Waals surface area contributed by atoms with Crippen molar-refractivity contribution in [2.24, 2.45) is 0 Å². The summed E-state index contributed by atoms with van der Waals surface area (Å²) >= 11 is 7.72. The zero-order valence-corrected chi connectivity index (χ0v) is 12.3. The maximum Gasteiger partial charge on any atom is 0.132 e. The maximum absolute atomic E-state index is 9.04. The third-order valence-electron chi connectivity index (χ3n) is 2.94. The lowest BCUT2D eigenvalue weighted by molar-refractivity contribution is 0.300. The zero-order chi connectivity index (χ0) is 13.8. The Morgan fingerprint density at radius 3 is 3.00 bits per heavy atom. The van der Waals surface area contributed by atoms with E-state index in [0.717, 1.165) is 22.0 Å². The number of aliphatic hydroxyl groups is 1. The summed E-state index contributed by atoms with van der Waals surface area (Å²) in [6.07, 6.45) is 2.42. The first-order chi connectivity index (χ1) is 9.15. The number of alkyl halides is 1. The van der Waals surface area contributed by atoms with Crippen LogP contribution < -0.4 is 5.73 Å². The van der Waals surface area contributed by atoms with Crippen molar-refractivity contribution < 1.29 is 5.11 Å². The number of hydrogen-bond donors (Lipinski definition) is 2. The topological polar surface area (TPSA) is 75.3 Å². The average Bonchev–Trinajstić information content (AvgIpc) is 2.75. The van der Waals surface area contributed by atoms with E-state index in [-0.39, 0.29) is 6.61 Å². The highest BCUT2D eigenvalue weighted by atomic mass is 35.5. The summed E-state index contributed by atoms with van der Waals surface area (Å²) in [7, 11) is 0. The minimum Gasteiger partial charge on any atom is -0.396 e. The number of halogens is 1. The summed E-state index contributed by atoms with van der Waals surface area (Å²) in [6, 6.07) is 0. The number of aromatic nitrogens is 2. The van der Waals surface area contributed by atoms with Crippen LogP contribution in [0, 0.1) is 6.92 Å². The molecule has 0 aliphatic carbocycles. The van der Waals surface area contributed by atoms with E-state index in [2.05, 4.69) is 14.9 Å². The molecular formula is C12H17ClN4OS. The summed E-state index contributed by atoms with van der Waals surface area (Å²) in [6.45, 7) is 2.61. The smallest absolute Gasteiger partial charge is 0.132 e. The van der Waals surface area contributed by atoms with E-state index < -0.39 is 0 Å². The Kier molecular flexibility index (Phi) is 4.90. The highest BCUT2D eigenvalue weighted by Crippen LogP contribution is 2.35. The Morgan fingerprint density at radius 2 is 2.37 bits per heavy atom. The quantitative estimate of drug-likeness (QED) is 0.806. The summed E-state index contributed by atoms with van der Waals surface area (Å²) in [5.74, 6) is 2.45. The van der Waals surface area contributed by atoms with Crippen LogP contribution in [0.4, 0.5) is 5.82 Å². The Hall–Kier alpha value is -0.980. The fourth-order valence-electron chi connectivity index (χ4n) is 1.95. The van der Waals surface area contributed by atoms with Gasteiger partial charge in [0.2, 0.25) is 0 Å². The van der Waals surface area contributed by atoms with Gasteiger partial charge in [-0.3, -0.25) is 0 Å². The second kappa shape index (κ2) is 6.45. The van der Waals surface area contributed by atoms with Crippen LogP contribution >= 0.6 is 23.4 Å². The molecule has 0 unspecified atom stereocenters. The molecule has 7 heteroatoms. The molecule has 5 nitrogen and oxygen atoms in total. The number of allylic oxidation sites excluding steroid dienone is 1. The van der Waals surface area contributed by atoms with E-state index in [4.69, 9.17) is 22.4 Å². The van der Waals surface area contributed by atoms with Gasteiger partial charge in [-0.1, -0.05) is 0 Å². The van der Waals surface area contributed by atoms with E-state index in [9.17, 15) is 0 Å². The number of aliphatic hydroxyl groups excluding tert-OH is 1. The Morgan fingerprint density at radius 1 is 1.58 bits per heavy atom. The van der Waals surface area contributed by atoms with Crippen LogP contribution in [-0.2, 0) is 6.54 Å².